The van der Waals surface area contributed by atoms with E-state index in [0.29, 0.717) is 18.4 Å². The minimum atomic E-state index is -0.406. The molecule has 0 radical (unpaired) electrons. The van der Waals surface area contributed by atoms with E-state index in [-0.39, 0.29) is 5.91 Å². The lowest BCUT2D eigenvalue weighted by atomic mass is 9.80. The number of carbonyl (C=O) groups excluding carboxylic acids is 1. The van der Waals surface area contributed by atoms with Crippen LogP contribution in [-0.4, -0.2) is 18.0 Å². The third-order valence-corrected chi connectivity index (χ3v) is 4.68. The Morgan fingerprint density at radius 3 is 2.67 bits per heavy atom. The van der Waals surface area contributed by atoms with Crippen LogP contribution in [0.25, 0.3) is 0 Å². The highest BCUT2D eigenvalue weighted by Crippen LogP contribution is 2.28. The summed E-state index contributed by atoms with van der Waals surface area (Å²) in [6.07, 6.45) is 5.04. The van der Waals surface area contributed by atoms with Crippen LogP contribution in [0.15, 0.2) is 30.3 Å². The van der Waals surface area contributed by atoms with Gasteiger partial charge in [-0.05, 0) is 49.5 Å². The van der Waals surface area contributed by atoms with Gasteiger partial charge in [-0.3, -0.25) is 4.79 Å². The molecule has 0 saturated heterocycles. The maximum atomic E-state index is 12.2. The molecule has 1 amide bonds. The highest BCUT2D eigenvalue weighted by atomic mass is 16.2. The van der Waals surface area contributed by atoms with Crippen molar-refractivity contribution in [2.45, 2.75) is 58.0 Å². The second kappa shape index (κ2) is 7.60. The van der Waals surface area contributed by atoms with Gasteiger partial charge < -0.3 is 11.1 Å². The van der Waals surface area contributed by atoms with Crippen molar-refractivity contribution < 1.29 is 4.79 Å². The van der Waals surface area contributed by atoms with Crippen LogP contribution in [0.5, 0.6) is 0 Å². The standard InChI is InChI=1S/C18H28N2O/c1-13-8-11-17(14(2)12-13)20-18(21)16(19)10-9-15-6-4-3-5-7-15/h3-7,13-14,16-17H,8-12,19H2,1-2H3,(H,20,21). The lowest BCUT2D eigenvalue weighted by Crippen LogP contribution is -2.49. The third kappa shape index (κ3) is 4.85. The Morgan fingerprint density at radius 2 is 2.00 bits per heavy atom. The van der Waals surface area contributed by atoms with E-state index in [9.17, 15) is 4.79 Å². The molecule has 4 unspecified atom stereocenters. The van der Waals surface area contributed by atoms with Crippen molar-refractivity contribution in [2.24, 2.45) is 17.6 Å². The largest absolute Gasteiger partial charge is 0.352 e. The molecule has 0 bridgehead atoms. The SMILES string of the molecule is CC1CCC(NC(=O)C(N)CCc2ccccc2)C(C)C1. The molecule has 116 valence electrons. The molecule has 1 saturated carbocycles. The highest BCUT2D eigenvalue weighted by Gasteiger charge is 2.27. The van der Waals surface area contributed by atoms with Gasteiger partial charge in [0.2, 0.25) is 5.91 Å². The number of nitrogens with two attached hydrogens (primary N) is 1. The molecule has 21 heavy (non-hydrogen) atoms. The first-order valence-electron chi connectivity index (χ1n) is 8.16. The molecule has 1 fully saturated rings. The summed E-state index contributed by atoms with van der Waals surface area (Å²) in [5.74, 6) is 1.34. The topological polar surface area (TPSA) is 55.1 Å². The normalized spacial score (nSPS) is 27.1. The van der Waals surface area contributed by atoms with Gasteiger partial charge in [-0.2, -0.15) is 0 Å². The fourth-order valence-corrected chi connectivity index (χ4v) is 3.27. The summed E-state index contributed by atoms with van der Waals surface area (Å²) >= 11 is 0. The quantitative estimate of drug-likeness (QED) is 0.875. The number of aryl methyl sites for hydroxylation is 1. The highest BCUT2D eigenvalue weighted by molar-refractivity contribution is 5.81. The Kier molecular flexibility index (Phi) is 5.80. The molecule has 0 spiro atoms. The molecule has 3 heteroatoms. The minimum absolute atomic E-state index is 0.0114. The summed E-state index contributed by atoms with van der Waals surface area (Å²) in [5, 5.41) is 3.16. The van der Waals surface area contributed by atoms with Gasteiger partial charge in [0, 0.05) is 6.04 Å². The summed E-state index contributed by atoms with van der Waals surface area (Å²) in [7, 11) is 0. The minimum Gasteiger partial charge on any atom is -0.352 e. The Bertz CT molecular complexity index is 446. The van der Waals surface area contributed by atoms with Gasteiger partial charge in [0.15, 0.2) is 0 Å². The summed E-state index contributed by atoms with van der Waals surface area (Å²) in [4.78, 5) is 12.2. The van der Waals surface area contributed by atoms with E-state index in [1.165, 1.54) is 18.4 Å². The maximum Gasteiger partial charge on any atom is 0.237 e. The summed E-state index contributed by atoms with van der Waals surface area (Å²) in [6, 6.07) is 10.1. The monoisotopic (exact) mass is 288 g/mol. The van der Waals surface area contributed by atoms with Crippen LogP contribution in [0.1, 0.15) is 45.1 Å². The van der Waals surface area contributed by atoms with Crippen LogP contribution in [-0.2, 0) is 11.2 Å². The molecule has 4 atom stereocenters. The van der Waals surface area contributed by atoms with E-state index in [2.05, 4.69) is 31.3 Å². The van der Waals surface area contributed by atoms with E-state index in [1.54, 1.807) is 0 Å². The van der Waals surface area contributed by atoms with Gasteiger partial charge in [0.05, 0.1) is 6.04 Å². The van der Waals surface area contributed by atoms with E-state index >= 15 is 0 Å². The van der Waals surface area contributed by atoms with Crippen LogP contribution in [0.2, 0.25) is 0 Å². The number of nitrogens with one attached hydrogen (secondary N) is 1. The smallest absolute Gasteiger partial charge is 0.237 e. The molecule has 0 aromatic heterocycles. The Balaban J connectivity index is 1.77. The third-order valence-electron chi connectivity index (χ3n) is 4.68. The first kappa shape index (κ1) is 16.0. The summed E-state index contributed by atoms with van der Waals surface area (Å²) < 4.78 is 0. The van der Waals surface area contributed by atoms with Crippen LogP contribution < -0.4 is 11.1 Å². The van der Waals surface area contributed by atoms with Crippen LogP contribution >= 0.6 is 0 Å². The molecule has 2 rings (SSSR count). The molecular weight excluding hydrogens is 260 g/mol. The van der Waals surface area contributed by atoms with E-state index in [4.69, 9.17) is 5.73 Å². The summed E-state index contributed by atoms with van der Waals surface area (Å²) in [6.45, 7) is 4.52. The number of benzene rings is 1. The second-order valence-electron chi connectivity index (χ2n) is 6.64. The van der Waals surface area contributed by atoms with Crippen molar-refractivity contribution in [3.05, 3.63) is 35.9 Å². The zero-order chi connectivity index (χ0) is 15.2. The van der Waals surface area contributed by atoms with Crippen LogP contribution in [0.4, 0.5) is 0 Å². The Morgan fingerprint density at radius 1 is 1.29 bits per heavy atom. The van der Waals surface area contributed by atoms with Gasteiger partial charge in [-0.15, -0.1) is 0 Å². The molecule has 0 heterocycles. The average molecular weight is 288 g/mol. The van der Waals surface area contributed by atoms with Gasteiger partial charge in [-0.25, -0.2) is 0 Å². The van der Waals surface area contributed by atoms with Gasteiger partial charge in [0.1, 0.15) is 0 Å². The zero-order valence-corrected chi connectivity index (χ0v) is 13.2. The van der Waals surface area contributed by atoms with Crippen molar-refractivity contribution in [3.8, 4) is 0 Å². The molecule has 1 aromatic carbocycles. The Labute approximate surface area is 128 Å². The van der Waals surface area contributed by atoms with Crippen LogP contribution in [0, 0.1) is 11.8 Å². The van der Waals surface area contributed by atoms with Crippen molar-refractivity contribution >= 4 is 5.91 Å². The van der Waals surface area contributed by atoms with E-state index in [1.807, 2.05) is 18.2 Å². The van der Waals surface area contributed by atoms with Gasteiger partial charge >= 0.3 is 0 Å². The molecule has 3 nitrogen and oxygen atoms in total. The zero-order valence-electron chi connectivity index (χ0n) is 13.2. The van der Waals surface area contributed by atoms with E-state index < -0.39 is 6.04 Å². The first-order chi connectivity index (χ1) is 10.1. The number of carbonyl (C=O) groups is 1. The molecule has 1 aliphatic carbocycles. The lowest BCUT2D eigenvalue weighted by Gasteiger charge is -2.33. The van der Waals surface area contributed by atoms with Crippen molar-refractivity contribution in [1.82, 2.24) is 5.32 Å². The number of hydrogen-bond donors (Lipinski definition) is 2. The summed E-state index contributed by atoms with van der Waals surface area (Å²) in [5.41, 5.74) is 7.28. The number of rotatable bonds is 5. The molecule has 3 N–H and O–H groups in total. The average Bonchev–Trinajstić information content (AvgIpc) is 2.48. The predicted molar refractivity (Wildman–Crippen MR) is 86.8 cm³/mol. The molecule has 1 aliphatic rings. The van der Waals surface area contributed by atoms with Gasteiger partial charge in [-0.1, -0.05) is 44.2 Å². The van der Waals surface area contributed by atoms with Gasteiger partial charge in [0.25, 0.3) is 0 Å². The molecule has 1 aromatic rings. The van der Waals surface area contributed by atoms with Crippen LogP contribution in [0.3, 0.4) is 0 Å². The molecule has 0 aliphatic heterocycles. The fourth-order valence-electron chi connectivity index (χ4n) is 3.27. The van der Waals surface area contributed by atoms with Crippen molar-refractivity contribution in [3.63, 3.8) is 0 Å². The second-order valence-corrected chi connectivity index (χ2v) is 6.64. The number of hydrogen-bond acceptors (Lipinski definition) is 2. The van der Waals surface area contributed by atoms with E-state index in [0.717, 1.165) is 18.8 Å². The maximum absolute atomic E-state index is 12.2. The van der Waals surface area contributed by atoms with Crippen molar-refractivity contribution in [2.75, 3.05) is 0 Å². The Hall–Kier alpha value is -1.35. The lowest BCUT2D eigenvalue weighted by molar-refractivity contribution is -0.123. The van der Waals surface area contributed by atoms with Crippen molar-refractivity contribution in [1.29, 1.82) is 0 Å². The number of amides is 1. The first-order valence-corrected chi connectivity index (χ1v) is 8.16. The molecular formula is C18H28N2O. The predicted octanol–water partition coefficient (Wildman–Crippen LogP) is 2.89. The fraction of sp³-hybridized carbons (Fsp3) is 0.611.